The molecule has 2 aliphatic heterocycles. The number of imide groups is 2. The molecule has 0 saturated carbocycles. The fourth-order valence-corrected chi connectivity index (χ4v) is 5.59. The molecule has 4 aromatic rings. The summed E-state index contributed by atoms with van der Waals surface area (Å²) in [6.45, 7) is 2.05. The minimum atomic E-state index is -1.05. The lowest BCUT2D eigenvalue weighted by Gasteiger charge is -1.97. The van der Waals surface area contributed by atoms with Crippen LogP contribution < -0.4 is 10.6 Å². The third kappa shape index (κ3) is 7.72. The molecule has 2 aromatic heterocycles. The average molecular weight is 659 g/mol. The van der Waals surface area contributed by atoms with Gasteiger partial charge >= 0.3 is 11.9 Å². The van der Waals surface area contributed by atoms with Crippen molar-refractivity contribution in [2.75, 3.05) is 6.61 Å². The predicted octanol–water partition coefficient (Wildman–Crippen LogP) is 6.19. The second-order valence-corrected chi connectivity index (χ2v) is 11.4. The van der Waals surface area contributed by atoms with Gasteiger partial charge in [-0.1, -0.05) is 12.1 Å². The minimum absolute atomic E-state index is 0.311. The average Bonchev–Trinajstić information content (AvgIpc) is 3.77. The van der Waals surface area contributed by atoms with Crippen LogP contribution in [-0.4, -0.2) is 45.9 Å². The van der Waals surface area contributed by atoms with Gasteiger partial charge in [-0.05, 0) is 90.1 Å². The number of hydrogen-bond donors (Lipinski definition) is 3. The van der Waals surface area contributed by atoms with Crippen LogP contribution in [0.25, 0.3) is 46.2 Å². The van der Waals surface area contributed by atoms with Gasteiger partial charge in [0.25, 0.3) is 22.3 Å². The van der Waals surface area contributed by atoms with Crippen LogP contribution >= 0.6 is 23.5 Å². The zero-order valence-electron chi connectivity index (χ0n) is 23.7. The summed E-state index contributed by atoms with van der Waals surface area (Å²) in [6, 6.07) is 10.6. The van der Waals surface area contributed by atoms with E-state index in [4.69, 9.17) is 18.7 Å². The van der Waals surface area contributed by atoms with E-state index in [9.17, 15) is 28.8 Å². The number of carboxylic acid groups (broad SMARTS) is 1. The Labute approximate surface area is 268 Å². The summed E-state index contributed by atoms with van der Waals surface area (Å²) in [7, 11) is 0. The normalized spacial score (nSPS) is 16.5. The second kappa shape index (κ2) is 14.0. The minimum Gasteiger partial charge on any atom is -0.478 e. The number of amides is 4. The molecule has 0 spiro atoms. The largest absolute Gasteiger partial charge is 0.478 e. The summed E-state index contributed by atoms with van der Waals surface area (Å²) < 4.78 is 15.6. The third-order valence-electron chi connectivity index (χ3n) is 6.23. The summed E-state index contributed by atoms with van der Waals surface area (Å²) in [4.78, 5) is 68.1. The fourth-order valence-electron chi connectivity index (χ4n) is 4.22. The highest BCUT2D eigenvalue weighted by Crippen LogP contribution is 2.30. The number of nitrogens with one attached hydrogen (secondary N) is 2. The topological polar surface area (TPSA) is 182 Å². The molecule has 0 bridgehead atoms. The number of esters is 1. The molecule has 4 amide bonds. The van der Waals surface area contributed by atoms with Crippen molar-refractivity contribution in [3.63, 3.8) is 0 Å². The molecule has 0 unspecified atom stereocenters. The number of fused-ring (bicyclic) bond motifs is 2. The van der Waals surface area contributed by atoms with E-state index in [1.165, 1.54) is 24.7 Å². The quantitative estimate of drug-likeness (QED) is 0.152. The number of ether oxygens (including phenoxy) is 1. The monoisotopic (exact) mass is 658 g/mol. The van der Waals surface area contributed by atoms with Gasteiger partial charge in [0.2, 0.25) is 0 Å². The van der Waals surface area contributed by atoms with Gasteiger partial charge in [-0.3, -0.25) is 29.8 Å². The van der Waals surface area contributed by atoms with Crippen molar-refractivity contribution in [2.45, 2.75) is 6.92 Å². The summed E-state index contributed by atoms with van der Waals surface area (Å²) in [5, 5.41) is 13.8. The first-order valence-electron chi connectivity index (χ1n) is 13.4. The Balaban J connectivity index is 0.000000182. The van der Waals surface area contributed by atoms with Gasteiger partial charge in [0.15, 0.2) is 0 Å². The summed E-state index contributed by atoms with van der Waals surface area (Å²) in [5.41, 5.74) is 4.07. The van der Waals surface area contributed by atoms with E-state index in [1.807, 2.05) is 6.07 Å². The standard InChI is InChI=1S/C17H13NO5S.C15H9NO5S/c1-2-22-15(19)6-4-11-9-23-13-5-3-10(7-12(11)13)8-14-16(20)18-17(21)24-14;17-13(18)4-2-9-7-21-11-3-1-8(5-10(9)11)6-12-14(19)16-15(20)22-12/h3-9H,2H2,1H3,(H,18,20,21);1-7H,(H,17,18)(H,16,19,20)/b6-4+,14-8+;4-2+,12-6+. The number of carboxylic acids is 1. The number of aliphatic carboxylic acids is 1. The first-order chi connectivity index (χ1) is 22.1. The maximum atomic E-state index is 11.6. The number of hydrogen-bond acceptors (Lipinski definition) is 11. The van der Waals surface area contributed by atoms with Crippen LogP contribution in [0.3, 0.4) is 0 Å². The van der Waals surface area contributed by atoms with Crippen molar-refractivity contribution >= 4 is 104 Å². The van der Waals surface area contributed by atoms with Gasteiger partial charge in [0, 0.05) is 34.1 Å². The van der Waals surface area contributed by atoms with Crippen molar-refractivity contribution in [3.8, 4) is 0 Å². The smallest absolute Gasteiger partial charge is 0.330 e. The van der Waals surface area contributed by atoms with Crippen LogP contribution in [0.5, 0.6) is 0 Å². The van der Waals surface area contributed by atoms with Gasteiger partial charge in [-0.15, -0.1) is 0 Å². The Morgan fingerprint density at radius 2 is 1.26 bits per heavy atom. The van der Waals surface area contributed by atoms with Gasteiger partial charge in [0.1, 0.15) is 11.2 Å². The Morgan fingerprint density at radius 3 is 1.67 bits per heavy atom. The van der Waals surface area contributed by atoms with E-state index in [1.54, 1.807) is 55.5 Å². The van der Waals surface area contributed by atoms with Crippen LogP contribution in [0.1, 0.15) is 29.2 Å². The van der Waals surface area contributed by atoms with Crippen molar-refractivity contribution in [1.82, 2.24) is 10.6 Å². The Kier molecular flexibility index (Phi) is 9.69. The maximum Gasteiger partial charge on any atom is 0.330 e. The Hall–Kier alpha value is -5.60. The Morgan fingerprint density at radius 1 is 0.783 bits per heavy atom. The molecule has 2 saturated heterocycles. The highest BCUT2D eigenvalue weighted by molar-refractivity contribution is 8.18. The van der Waals surface area contributed by atoms with Crippen LogP contribution in [0.4, 0.5) is 9.59 Å². The highest BCUT2D eigenvalue weighted by Gasteiger charge is 2.26. The van der Waals surface area contributed by atoms with Crippen molar-refractivity contribution in [2.24, 2.45) is 0 Å². The summed E-state index contributed by atoms with van der Waals surface area (Å²) in [5.74, 6) is -2.30. The van der Waals surface area contributed by atoms with Crippen LogP contribution in [0.2, 0.25) is 0 Å². The SMILES string of the molecule is CCOC(=O)/C=C/c1coc2ccc(/C=C3/SC(=O)NC3=O)cc12.O=C(O)/C=C/c1coc2ccc(/C=C3/SC(=O)NC3=O)cc12. The predicted molar refractivity (Wildman–Crippen MR) is 173 cm³/mol. The fraction of sp³-hybridized carbons (Fsp3) is 0.0625. The number of rotatable bonds is 7. The van der Waals surface area contributed by atoms with Gasteiger partial charge < -0.3 is 18.7 Å². The molecule has 14 heteroatoms. The molecule has 2 aliphatic rings. The highest BCUT2D eigenvalue weighted by atomic mass is 32.2. The van der Waals surface area contributed by atoms with Gasteiger partial charge in [0.05, 0.1) is 28.9 Å². The van der Waals surface area contributed by atoms with Gasteiger partial charge in [-0.25, -0.2) is 9.59 Å². The van der Waals surface area contributed by atoms with Crippen molar-refractivity contribution in [1.29, 1.82) is 0 Å². The molecule has 2 fully saturated rings. The lowest BCUT2D eigenvalue weighted by atomic mass is 10.1. The van der Waals surface area contributed by atoms with Gasteiger partial charge in [-0.2, -0.15) is 0 Å². The molecule has 0 radical (unpaired) electrons. The lowest BCUT2D eigenvalue weighted by molar-refractivity contribution is -0.137. The van der Waals surface area contributed by atoms with Crippen molar-refractivity contribution in [3.05, 3.63) is 93.1 Å². The molecular weight excluding hydrogens is 636 g/mol. The maximum absolute atomic E-state index is 11.6. The molecule has 3 N–H and O–H groups in total. The lowest BCUT2D eigenvalue weighted by Crippen LogP contribution is -2.17. The molecule has 0 atom stereocenters. The molecule has 0 aliphatic carbocycles. The summed E-state index contributed by atoms with van der Waals surface area (Å²) >= 11 is 1.70. The third-order valence-corrected chi connectivity index (χ3v) is 7.85. The van der Waals surface area contributed by atoms with Crippen molar-refractivity contribution < 1.29 is 47.4 Å². The van der Waals surface area contributed by atoms with E-state index < -0.39 is 29.0 Å². The molecule has 46 heavy (non-hydrogen) atoms. The number of benzene rings is 2. The zero-order chi connectivity index (χ0) is 32.8. The Bertz CT molecular complexity index is 2050. The second-order valence-electron chi connectivity index (χ2n) is 9.35. The molecule has 232 valence electrons. The first-order valence-corrected chi connectivity index (χ1v) is 15.0. The number of carbonyl (C=O) groups excluding carboxylic acids is 5. The van der Waals surface area contributed by atoms with Crippen LogP contribution in [0.15, 0.2) is 79.7 Å². The summed E-state index contributed by atoms with van der Waals surface area (Å²) in [6.07, 6.45) is 11.6. The van der Waals surface area contributed by atoms with E-state index in [2.05, 4.69) is 10.6 Å². The van der Waals surface area contributed by atoms with E-state index >= 15 is 0 Å². The molecule has 12 nitrogen and oxygen atoms in total. The first kappa shape index (κ1) is 31.8. The molecule has 2 aromatic carbocycles. The number of furan rings is 2. The van der Waals surface area contributed by atoms with E-state index in [-0.39, 0.29) is 5.24 Å². The van der Waals surface area contributed by atoms with E-state index in [0.717, 1.165) is 51.5 Å². The number of thioether (sulfide) groups is 2. The molecule has 4 heterocycles. The molecule has 6 rings (SSSR count). The number of carbonyl (C=O) groups is 6. The van der Waals surface area contributed by atoms with E-state index in [0.29, 0.717) is 38.7 Å². The molecular formula is C32H22N2O10S2. The van der Waals surface area contributed by atoms with Crippen LogP contribution in [-0.2, 0) is 23.9 Å². The zero-order valence-corrected chi connectivity index (χ0v) is 25.4. The van der Waals surface area contributed by atoms with Crippen LogP contribution in [0, 0.1) is 0 Å².